The van der Waals surface area contributed by atoms with Crippen molar-refractivity contribution in [2.45, 2.75) is 26.3 Å². The number of carbonyl (C=O) groups excluding carboxylic acids is 1. The van der Waals surface area contributed by atoms with E-state index < -0.39 is 17.9 Å². The summed E-state index contributed by atoms with van der Waals surface area (Å²) >= 11 is 0. The summed E-state index contributed by atoms with van der Waals surface area (Å²) in [6.45, 7) is 3.74. The number of hydrogen-bond donors (Lipinski definition) is 2. The highest BCUT2D eigenvalue weighted by Crippen LogP contribution is 2.60. The lowest BCUT2D eigenvalue weighted by Crippen LogP contribution is -3.06. The molecule has 1 fully saturated rings. The van der Waals surface area contributed by atoms with Gasteiger partial charge in [0.05, 0.1) is 12.1 Å². The molecular weight excluding hydrogens is 210 g/mol. The van der Waals surface area contributed by atoms with E-state index >= 15 is 0 Å². The molecule has 1 heterocycles. The molecule has 0 bridgehead atoms. The average molecular weight is 225 g/mol. The Hall–Kier alpha value is -1.20. The van der Waals surface area contributed by atoms with Crippen LogP contribution in [-0.2, 0) is 9.59 Å². The second-order valence-electron chi connectivity index (χ2n) is 5.17. The molecule has 4 unspecified atom stereocenters. The molecule has 0 aromatic carbocycles. The molecule has 0 spiro atoms. The van der Waals surface area contributed by atoms with Gasteiger partial charge >= 0.3 is 5.97 Å². The summed E-state index contributed by atoms with van der Waals surface area (Å²) in [5.41, 5.74) is -0.297. The number of aliphatic carboxylic acids is 1. The van der Waals surface area contributed by atoms with Gasteiger partial charge in [0.1, 0.15) is 0 Å². The van der Waals surface area contributed by atoms with Crippen molar-refractivity contribution in [3.63, 3.8) is 0 Å². The second-order valence-corrected chi connectivity index (χ2v) is 5.17. The quantitative estimate of drug-likeness (QED) is 0.639. The molecule has 5 heteroatoms. The van der Waals surface area contributed by atoms with Gasteiger partial charge in [-0.15, -0.1) is 0 Å². The highest BCUT2D eigenvalue weighted by Gasteiger charge is 2.63. The fraction of sp³-hybridized carbons (Fsp3) is 0.636. The SMILES string of the molecule is CC1(C)C(CC2C(=O)C=C[NH+]2[O-])C1C(=O)O. The predicted molar refractivity (Wildman–Crippen MR) is 55.3 cm³/mol. The van der Waals surface area contributed by atoms with Crippen LogP contribution in [-0.4, -0.2) is 22.9 Å². The van der Waals surface area contributed by atoms with E-state index in [1.54, 1.807) is 0 Å². The largest absolute Gasteiger partial charge is 0.629 e. The third-order valence-electron chi connectivity index (χ3n) is 3.90. The fourth-order valence-corrected chi connectivity index (χ4v) is 2.70. The van der Waals surface area contributed by atoms with Crippen LogP contribution in [0.1, 0.15) is 20.3 Å². The van der Waals surface area contributed by atoms with Gasteiger partial charge in [-0.25, -0.2) is 0 Å². The second kappa shape index (κ2) is 3.40. The Morgan fingerprint density at radius 1 is 1.62 bits per heavy atom. The summed E-state index contributed by atoms with van der Waals surface area (Å²) < 4.78 is 0. The number of ketones is 1. The van der Waals surface area contributed by atoms with Crippen LogP contribution in [0.3, 0.4) is 0 Å². The maximum Gasteiger partial charge on any atom is 0.307 e. The van der Waals surface area contributed by atoms with Crippen molar-refractivity contribution in [1.82, 2.24) is 0 Å². The molecule has 2 N–H and O–H groups in total. The molecule has 0 saturated heterocycles. The van der Waals surface area contributed by atoms with Crippen LogP contribution in [0.25, 0.3) is 0 Å². The van der Waals surface area contributed by atoms with Crippen molar-refractivity contribution in [2.75, 3.05) is 0 Å². The third kappa shape index (κ3) is 1.56. The number of rotatable bonds is 3. The van der Waals surface area contributed by atoms with Gasteiger partial charge in [-0.05, 0) is 11.3 Å². The van der Waals surface area contributed by atoms with Gasteiger partial charge in [-0.3, -0.25) is 9.59 Å². The molecule has 16 heavy (non-hydrogen) atoms. The zero-order valence-electron chi connectivity index (χ0n) is 9.27. The minimum absolute atomic E-state index is 0.0669. The minimum atomic E-state index is -0.833. The molecule has 5 nitrogen and oxygen atoms in total. The summed E-state index contributed by atoms with van der Waals surface area (Å²) in [6, 6.07) is -0.631. The summed E-state index contributed by atoms with van der Waals surface area (Å²) in [7, 11) is 0. The first kappa shape index (κ1) is 11.3. The fourth-order valence-electron chi connectivity index (χ4n) is 2.70. The molecule has 4 atom stereocenters. The van der Waals surface area contributed by atoms with Crippen LogP contribution in [0.2, 0.25) is 0 Å². The molecule has 1 aliphatic carbocycles. The third-order valence-corrected chi connectivity index (χ3v) is 3.90. The van der Waals surface area contributed by atoms with Gasteiger partial charge in [-0.2, -0.15) is 0 Å². The Bertz CT molecular complexity index is 374. The van der Waals surface area contributed by atoms with Crippen LogP contribution >= 0.6 is 0 Å². The van der Waals surface area contributed by atoms with E-state index in [0.717, 1.165) is 0 Å². The number of carbonyl (C=O) groups is 2. The Morgan fingerprint density at radius 2 is 2.25 bits per heavy atom. The Balaban J connectivity index is 2.02. The van der Waals surface area contributed by atoms with E-state index in [1.807, 2.05) is 13.8 Å². The molecule has 1 aliphatic heterocycles. The zero-order chi connectivity index (χ0) is 12.1. The Kier molecular flexibility index (Phi) is 2.40. The molecule has 2 aliphatic rings. The molecular formula is C11H15NO4. The summed E-state index contributed by atoms with van der Waals surface area (Å²) in [6.07, 6.45) is 2.95. The number of hydroxylamine groups is 2. The summed E-state index contributed by atoms with van der Waals surface area (Å²) in [5.74, 6) is -1.51. The minimum Gasteiger partial charge on any atom is -0.629 e. The first-order chi connectivity index (χ1) is 7.35. The van der Waals surface area contributed by atoms with Crippen molar-refractivity contribution < 1.29 is 19.8 Å². The van der Waals surface area contributed by atoms with E-state index in [0.29, 0.717) is 6.42 Å². The highest BCUT2D eigenvalue weighted by atomic mass is 16.5. The number of carboxylic acid groups (broad SMARTS) is 1. The number of quaternary nitrogens is 1. The van der Waals surface area contributed by atoms with Crippen molar-refractivity contribution >= 4 is 11.8 Å². The van der Waals surface area contributed by atoms with Gasteiger partial charge < -0.3 is 15.4 Å². The first-order valence-corrected chi connectivity index (χ1v) is 5.34. The van der Waals surface area contributed by atoms with E-state index in [2.05, 4.69) is 0 Å². The summed E-state index contributed by atoms with van der Waals surface area (Å²) in [5, 5.41) is 20.2. The number of hydrogen-bond acceptors (Lipinski definition) is 3. The van der Waals surface area contributed by atoms with Crippen LogP contribution in [0.5, 0.6) is 0 Å². The maximum atomic E-state index is 11.4. The van der Waals surface area contributed by atoms with Crippen molar-refractivity contribution in [3.05, 3.63) is 17.5 Å². The molecule has 2 rings (SSSR count). The topological polar surface area (TPSA) is 81.9 Å². The van der Waals surface area contributed by atoms with Crippen molar-refractivity contribution in [2.24, 2.45) is 17.3 Å². The molecule has 88 valence electrons. The number of carboxylic acids is 1. The van der Waals surface area contributed by atoms with E-state index in [-0.39, 0.29) is 22.2 Å². The Morgan fingerprint density at radius 3 is 2.62 bits per heavy atom. The van der Waals surface area contributed by atoms with Gasteiger partial charge in [0.25, 0.3) is 0 Å². The van der Waals surface area contributed by atoms with Crippen LogP contribution in [0, 0.1) is 22.5 Å². The van der Waals surface area contributed by atoms with Crippen LogP contribution in [0.4, 0.5) is 0 Å². The smallest absolute Gasteiger partial charge is 0.307 e. The predicted octanol–water partition coefficient (Wildman–Crippen LogP) is -0.419. The van der Waals surface area contributed by atoms with Gasteiger partial charge in [0.2, 0.25) is 5.78 Å². The zero-order valence-corrected chi connectivity index (χ0v) is 9.27. The van der Waals surface area contributed by atoms with Gasteiger partial charge in [-0.1, -0.05) is 13.8 Å². The van der Waals surface area contributed by atoms with Gasteiger partial charge in [0.15, 0.2) is 6.04 Å². The van der Waals surface area contributed by atoms with Crippen molar-refractivity contribution in [1.29, 1.82) is 0 Å². The molecule has 1 saturated carbocycles. The maximum absolute atomic E-state index is 11.4. The van der Waals surface area contributed by atoms with E-state index in [4.69, 9.17) is 5.11 Å². The monoisotopic (exact) mass is 225 g/mol. The molecule has 0 aromatic heterocycles. The lowest BCUT2D eigenvalue weighted by atomic mass is 10.0. The lowest BCUT2D eigenvalue weighted by molar-refractivity contribution is -0.806. The molecule has 0 amide bonds. The first-order valence-electron chi connectivity index (χ1n) is 5.34. The van der Waals surface area contributed by atoms with Crippen LogP contribution < -0.4 is 5.06 Å². The number of nitrogens with one attached hydrogen (secondary N) is 1. The standard InChI is InChI=1S/C11H15NO4/c1-11(2)6(9(11)10(14)15)5-7-8(13)3-4-12(7)16/h3-4,6-7,9,12H,5H2,1-2H3,(H,14,15). The van der Waals surface area contributed by atoms with Crippen LogP contribution in [0.15, 0.2) is 12.3 Å². The van der Waals surface area contributed by atoms with Gasteiger partial charge in [0, 0.05) is 12.5 Å². The normalized spacial score (nSPS) is 40.1. The summed E-state index contributed by atoms with van der Waals surface area (Å²) in [4.78, 5) is 22.3. The molecule has 0 radical (unpaired) electrons. The van der Waals surface area contributed by atoms with Crippen molar-refractivity contribution in [3.8, 4) is 0 Å². The van der Waals surface area contributed by atoms with E-state index in [1.165, 1.54) is 12.3 Å². The molecule has 0 aromatic rings. The van der Waals surface area contributed by atoms with E-state index in [9.17, 15) is 14.8 Å². The Labute approximate surface area is 93.3 Å². The highest BCUT2D eigenvalue weighted by molar-refractivity contribution is 5.94. The lowest BCUT2D eigenvalue weighted by Gasteiger charge is -2.21. The average Bonchev–Trinajstić information content (AvgIpc) is 2.57.